The van der Waals surface area contributed by atoms with Crippen LogP contribution in [0.1, 0.15) is 36.2 Å². The summed E-state index contributed by atoms with van der Waals surface area (Å²) in [5.41, 5.74) is -1.59. The van der Waals surface area contributed by atoms with Crippen LogP contribution in [0.2, 0.25) is 5.02 Å². The molecule has 0 saturated carbocycles. The molecule has 0 aliphatic carbocycles. The third kappa shape index (κ3) is 7.48. The second-order valence-electron chi connectivity index (χ2n) is 11.1. The molecular formula is C34H32ClFN6O6. The van der Waals surface area contributed by atoms with Crippen molar-refractivity contribution in [1.29, 1.82) is 0 Å². The van der Waals surface area contributed by atoms with Crippen LogP contribution in [0.15, 0.2) is 76.4 Å². The van der Waals surface area contributed by atoms with Gasteiger partial charge in [-0.05, 0) is 80.9 Å². The Balaban J connectivity index is 1.15. The lowest BCUT2D eigenvalue weighted by Gasteiger charge is -2.26. The fourth-order valence-electron chi connectivity index (χ4n) is 5.42. The SMILES string of the molecule is COc1cc2c(Oc3ccc(NC(=O)c4nn(-c5ccc(Cl)cc5)c(=O)[nH]c4=O)cc3F)ccnc2cc1OCCCN1CCCCC1. The summed E-state index contributed by atoms with van der Waals surface area (Å²) in [6, 6.07) is 14.9. The first-order valence-corrected chi connectivity index (χ1v) is 15.8. The molecule has 2 N–H and O–H groups in total. The molecule has 1 fully saturated rings. The minimum absolute atomic E-state index is 0.0265. The number of amides is 1. The molecule has 48 heavy (non-hydrogen) atoms. The van der Waals surface area contributed by atoms with Gasteiger partial charge in [0.25, 0.3) is 11.5 Å². The Morgan fingerprint density at radius 2 is 1.77 bits per heavy atom. The number of benzene rings is 3. The third-order valence-electron chi connectivity index (χ3n) is 7.84. The maximum atomic E-state index is 15.3. The number of rotatable bonds is 11. The molecule has 0 unspecified atom stereocenters. The smallest absolute Gasteiger partial charge is 0.349 e. The van der Waals surface area contributed by atoms with Crippen LogP contribution in [0, 0.1) is 5.82 Å². The summed E-state index contributed by atoms with van der Waals surface area (Å²) in [5, 5.41) is 7.35. The zero-order chi connectivity index (χ0) is 33.6. The molecule has 1 aliphatic rings. The molecule has 248 valence electrons. The van der Waals surface area contributed by atoms with Crippen LogP contribution in [0.3, 0.4) is 0 Å². The zero-order valence-electron chi connectivity index (χ0n) is 26.0. The number of nitrogens with one attached hydrogen (secondary N) is 2. The number of likely N-dealkylation sites (tertiary alicyclic amines) is 1. The van der Waals surface area contributed by atoms with Crippen LogP contribution in [0.5, 0.6) is 23.0 Å². The van der Waals surface area contributed by atoms with Crippen LogP contribution in [0.25, 0.3) is 16.6 Å². The predicted molar refractivity (Wildman–Crippen MR) is 179 cm³/mol. The van der Waals surface area contributed by atoms with E-state index in [4.69, 9.17) is 25.8 Å². The maximum absolute atomic E-state index is 15.3. The summed E-state index contributed by atoms with van der Waals surface area (Å²) >= 11 is 5.90. The van der Waals surface area contributed by atoms with E-state index in [1.54, 1.807) is 31.5 Å². The van der Waals surface area contributed by atoms with E-state index >= 15 is 4.39 Å². The summed E-state index contributed by atoms with van der Waals surface area (Å²) in [4.78, 5) is 46.6. The van der Waals surface area contributed by atoms with Crippen LogP contribution >= 0.6 is 11.6 Å². The number of anilines is 1. The number of fused-ring (bicyclic) bond motifs is 1. The molecule has 0 bridgehead atoms. The normalized spacial score (nSPS) is 13.3. The van der Waals surface area contributed by atoms with Crippen molar-refractivity contribution in [3.8, 4) is 28.7 Å². The summed E-state index contributed by atoms with van der Waals surface area (Å²) in [5.74, 6) is -0.495. The van der Waals surface area contributed by atoms with Crippen molar-refractivity contribution < 1.29 is 23.4 Å². The number of carbonyl (C=O) groups excluding carboxylic acids is 1. The van der Waals surface area contributed by atoms with Crippen LogP contribution in [-0.2, 0) is 0 Å². The van der Waals surface area contributed by atoms with Gasteiger partial charge in [0.15, 0.2) is 23.1 Å². The Bertz CT molecular complexity index is 2060. The average Bonchev–Trinajstić information content (AvgIpc) is 3.08. The second kappa shape index (κ2) is 14.7. The lowest BCUT2D eigenvalue weighted by Crippen LogP contribution is -2.37. The number of pyridine rings is 1. The maximum Gasteiger partial charge on any atom is 0.349 e. The van der Waals surface area contributed by atoms with Gasteiger partial charge in [-0.15, -0.1) is 0 Å². The molecule has 0 atom stereocenters. The Kier molecular flexibility index (Phi) is 9.97. The van der Waals surface area contributed by atoms with Crippen molar-refractivity contribution in [3.63, 3.8) is 0 Å². The Morgan fingerprint density at radius 3 is 2.52 bits per heavy atom. The number of halogens is 2. The Hall–Kier alpha value is -5.27. The number of ether oxygens (including phenoxy) is 3. The molecule has 1 saturated heterocycles. The van der Waals surface area contributed by atoms with Crippen molar-refractivity contribution in [3.05, 3.63) is 104 Å². The number of H-pyrrole nitrogens is 1. The van der Waals surface area contributed by atoms with Gasteiger partial charge in [-0.2, -0.15) is 9.78 Å². The van der Waals surface area contributed by atoms with Gasteiger partial charge < -0.3 is 24.4 Å². The minimum atomic E-state index is -1.01. The van der Waals surface area contributed by atoms with Gasteiger partial charge in [0.2, 0.25) is 5.69 Å². The third-order valence-corrected chi connectivity index (χ3v) is 8.09. The molecule has 0 spiro atoms. The number of nitrogens with zero attached hydrogens (tertiary/aromatic N) is 4. The predicted octanol–water partition coefficient (Wildman–Crippen LogP) is 5.57. The van der Waals surface area contributed by atoms with Gasteiger partial charge >= 0.3 is 5.69 Å². The van der Waals surface area contributed by atoms with Crippen molar-refractivity contribution in [2.45, 2.75) is 25.7 Å². The Morgan fingerprint density at radius 1 is 0.979 bits per heavy atom. The highest BCUT2D eigenvalue weighted by atomic mass is 35.5. The first kappa shape index (κ1) is 32.7. The van der Waals surface area contributed by atoms with E-state index in [9.17, 15) is 14.4 Å². The lowest BCUT2D eigenvalue weighted by atomic mass is 10.1. The van der Waals surface area contributed by atoms with Crippen LogP contribution in [-0.4, -0.2) is 63.9 Å². The van der Waals surface area contributed by atoms with Crippen LogP contribution in [0.4, 0.5) is 10.1 Å². The number of hydrogen-bond acceptors (Lipinski definition) is 9. The number of hydrogen-bond donors (Lipinski definition) is 2. The highest BCUT2D eigenvalue weighted by Crippen LogP contribution is 2.38. The first-order chi connectivity index (χ1) is 23.3. The van der Waals surface area contributed by atoms with Gasteiger partial charge in [0.1, 0.15) is 5.75 Å². The van der Waals surface area contributed by atoms with Gasteiger partial charge in [-0.1, -0.05) is 18.0 Å². The van der Waals surface area contributed by atoms with Gasteiger partial charge in [-0.25, -0.2) is 9.18 Å². The molecule has 0 radical (unpaired) electrons. The van der Waals surface area contributed by atoms with Gasteiger partial charge in [0.05, 0.1) is 24.9 Å². The molecular weight excluding hydrogens is 643 g/mol. The largest absolute Gasteiger partial charge is 0.493 e. The summed E-state index contributed by atoms with van der Waals surface area (Å²) in [6.07, 6.45) is 6.21. The summed E-state index contributed by atoms with van der Waals surface area (Å²) in [7, 11) is 1.54. The highest BCUT2D eigenvalue weighted by molar-refractivity contribution is 6.30. The molecule has 3 heterocycles. The van der Waals surface area contributed by atoms with Gasteiger partial charge in [0, 0.05) is 41.0 Å². The molecule has 6 rings (SSSR count). The number of aromatic nitrogens is 4. The molecule has 14 heteroatoms. The molecule has 1 amide bonds. The lowest BCUT2D eigenvalue weighted by molar-refractivity contribution is 0.101. The second-order valence-corrected chi connectivity index (χ2v) is 11.6. The van der Waals surface area contributed by atoms with Gasteiger partial charge in [-0.3, -0.25) is 19.6 Å². The average molecular weight is 675 g/mol. The van der Waals surface area contributed by atoms with Crippen molar-refractivity contribution in [1.82, 2.24) is 24.6 Å². The zero-order valence-corrected chi connectivity index (χ0v) is 26.8. The van der Waals surface area contributed by atoms with E-state index in [2.05, 4.69) is 25.3 Å². The van der Waals surface area contributed by atoms with Crippen molar-refractivity contribution in [2.24, 2.45) is 0 Å². The summed E-state index contributed by atoms with van der Waals surface area (Å²) in [6.45, 7) is 3.77. The van der Waals surface area contributed by atoms with Crippen LogP contribution < -0.4 is 30.8 Å². The highest BCUT2D eigenvalue weighted by Gasteiger charge is 2.19. The fourth-order valence-corrected chi connectivity index (χ4v) is 5.55. The Labute approximate surface area is 279 Å². The van der Waals surface area contributed by atoms with Crippen molar-refractivity contribution >= 4 is 34.1 Å². The minimum Gasteiger partial charge on any atom is -0.493 e. The monoisotopic (exact) mass is 674 g/mol. The molecule has 12 nitrogen and oxygen atoms in total. The first-order valence-electron chi connectivity index (χ1n) is 15.4. The molecule has 2 aromatic heterocycles. The number of carbonyl (C=O) groups is 1. The number of methoxy groups -OCH3 is 1. The number of aromatic amines is 1. The van der Waals surface area contributed by atoms with E-state index in [0.29, 0.717) is 39.8 Å². The van der Waals surface area contributed by atoms with E-state index in [0.717, 1.165) is 36.8 Å². The molecule has 5 aromatic rings. The van der Waals surface area contributed by atoms with Crippen molar-refractivity contribution in [2.75, 3.05) is 38.7 Å². The fraction of sp³-hybridized carbons (Fsp3) is 0.265. The van der Waals surface area contributed by atoms with E-state index in [-0.39, 0.29) is 17.1 Å². The summed E-state index contributed by atoms with van der Waals surface area (Å²) < 4.78 is 33.7. The van der Waals surface area contributed by atoms with E-state index in [1.807, 2.05) is 0 Å². The van der Waals surface area contributed by atoms with E-state index in [1.165, 1.54) is 55.7 Å². The quantitative estimate of drug-likeness (QED) is 0.172. The molecule has 3 aromatic carbocycles. The standard InChI is InChI=1S/C34H32ClFN6O6/c1-46-29-19-24-26(20-30(29)47-17-5-16-41-14-3-2-4-15-41)37-13-12-27(24)48-28-11-8-22(18-25(28)36)38-32(43)31-33(44)39-34(45)42(40-31)23-9-6-21(35)7-10-23/h6-13,18-20H,2-5,14-17H2,1H3,(H,38,43)(H,39,44,45). The topological polar surface area (TPSA) is 141 Å². The van der Waals surface area contributed by atoms with E-state index < -0.39 is 28.7 Å². The number of piperidine rings is 1. The molecule has 1 aliphatic heterocycles.